The Morgan fingerprint density at radius 3 is 2.79 bits per heavy atom. The van der Waals surface area contributed by atoms with Gasteiger partial charge in [-0.25, -0.2) is 9.99 Å². The Balaban J connectivity index is 2.03. The van der Waals surface area contributed by atoms with Crippen molar-refractivity contribution in [2.45, 2.75) is 6.92 Å². The summed E-state index contributed by atoms with van der Waals surface area (Å²) in [5.41, 5.74) is 13.2. The monoisotopic (exact) mass is 428 g/mol. The summed E-state index contributed by atoms with van der Waals surface area (Å²) in [6.45, 7) is 5.33. The van der Waals surface area contributed by atoms with Crippen molar-refractivity contribution >= 4 is 50.3 Å². The average Bonchev–Trinajstić information content (AvgIpc) is 3.37. The molecule has 3 aromatic heterocycles. The lowest BCUT2D eigenvalue weighted by Gasteiger charge is -2.38. The molecule has 0 saturated carbocycles. The van der Waals surface area contributed by atoms with Crippen LogP contribution in [-0.4, -0.2) is 48.7 Å². The van der Waals surface area contributed by atoms with E-state index < -0.39 is 5.91 Å². The number of nitrogen functional groups attached to an aromatic ring is 1. The molecular formula is C19H20N6O2S2. The summed E-state index contributed by atoms with van der Waals surface area (Å²) in [6.07, 6.45) is 0. The molecule has 4 N–H and O–H groups in total. The Labute approximate surface area is 175 Å². The van der Waals surface area contributed by atoms with E-state index in [1.165, 1.54) is 22.7 Å². The lowest BCUT2D eigenvalue weighted by Crippen LogP contribution is -2.49. The molecule has 1 aliphatic rings. The maximum atomic E-state index is 11.9. The zero-order chi connectivity index (χ0) is 20.5. The molecule has 0 radical (unpaired) electrons. The molecule has 0 aliphatic carbocycles. The number of carbonyl (C=O) groups is 1. The van der Waals surface area contributed by atoms with Gasteiger partial charge in [0, 0.05) is 35.5 Å². The molecule has 4 heterocycles. The van der Waals surface area contributed by atoms with Crippen LogP contribution >= 0.6 is 22.7 Å². The maximum Gasteiger partial charge on any atom is 0.260 e. The zero-order valence-corrected chi connectivity index (χ0v) is 17.5. The molecule has 1 amide bonds. The second-order valence-corrected chi connectivity index (χ2v) is 8.39. The first-order valence-electron chi connectivity index (χ1n) is 9.16. The molecule has 4 rings (SSSR count). The minimum Gasteiger partial charge on any atom is -0.397 e. The number of nitriles is 1. The minimum absolute atomic E-state index is 0.265. The third kappa shape index (κ3) is 3.32. The van der Waals surface area contributed by atoms with Crippen LogP contribution in [0.15, 0.2) is 17.5 Å². The maximum absolute atomic E-state index is 11.9. The van der Waals surface area contributed by atoms with Crippen molar-refractivity contribution in [3.63, 3.8) is 0 Å². The van der Waals surface area contributed by atoms with Gasteiger partial charge in [0.15, 0.2) is 5.82 Å². The number of nitrogens with two attached hydrogens (primary N) is 2. The third-order valence-corrected chi connectivity index (χ3v) is 6.84. The number of hydrazine groups is 1. The number of carbonyl (C=O) groups excluding carboxylic acids is 1. The van der Waals surface area contributed by atoms with E-state index in [4.69, 9.17) is 21.2 Å². The number of hydrogen-bond donors (Lipinski definition) is 2. The van der Waals surface area contributed by atoms with Crippen molar-refractivity contribution in [1.29, 1.82) is 5.26 Å². The fourth-order valence-electron chi connectivity index (χ4n) is 3.56. The van der Waals surface area contributed by atoms with Crippen LogP contribution in [0.5, 0.6) is 0 Å². The van der Waals surface area contributed by atoms with Crippen LogP contribution in [0.3, 0.4) is 0 Å². The fourth-order valence-corrected chi connectivity index (χ4v) is 5.30. The molecule has 1 aliphatic heterocycles. The Morgan fingerprint density at radius 1 is 1.45 bits per heavy atom. The van der Waals surface area contributed by atoms with Crippen LogP contribution < -0.4 is 16.5 Å². The number of rotatable bonds is 5. The van der Waals surface area contributed by atoms with E-state index in [-0.39, 0.29) is 10.6 Å². The number of fused-ring (bicyclic) bond motifs is 1. The molecule has 0 bridgehead atoms. The van der Waals surface area contributed by atoms with Crippen molar-refractivity contribution in [3.05, 3.63) is 28.0 Å². The van der Waals surface area contributed by atoms with E-state index in [1.54, 1.807) is 0 Å². The number of nitrogens with zero attached hydrogens (tertiary/aromatic N) is 4. The van der Waals surface area contributed by atoms with Gasteiger partial charge in [0.25, 0.3) is 5.91 Å². The summed E-state index contributed by atoms with van der Waals surface area (Å²) < 4.78 is 5.47. The van der Waals surface area contributed by atoms with Gasteiger partial charge in [0.05, 0.1) is 18.9 Å². The van der Waals surface area contributed by atoms with Gasteiger partial charge in [0.2, 0.25) is 0 Å². The number of morpholine rings is 1. The van der Waals surface area contributed by atoms with Gasteiger partial charge < -0.3 is 16.2 Å². The number of hydrogen-bond acceptors (Lipinski definition) is 9. The van der Waals surface area contributed by atoms with E-state index in [0.29, 0.717) is 60.0 Å². The summed E-state index contributed by atoms with van der Waals surface area (Å²) >= 11 is 2.68. The molecule has 8 nitrogen and oxygen atoms in total. The molecule has 10 heteroatoms. The summed E-state index contributed by atoms with van der Waals surface area (Å²) in [6, 6.07) is 6.20. The molecule has 3 aromatic rings. The highest BCUT2D eigenvalue weighted by atomic mass is 32.1. The second-order valence-electron chi connectivity index (χ2n) is 6.45. The third-order valence-electron chi connectivity index (χ3n) is 4.83. The quantitative estimate of drug-likeness (QED) is 0.640. The minimum atomic E-state index is -0.594. The van der Waals surface area contributed by atoms with Gasteiger partial charge in [-0.15, -0.1) is 22.7 Å². The van der Waals surface area contributed by atoms with Crippen LogP contribution in [0, 0.1) is 11.3 Å². The lowest BCUT2D eigenvalue weighted by molar-refractivity contribution is 0.0319. The Morgan fingerprint density at radius 2 is 2.21 bits per heavy atom. The number of anilines is 2. The van der Waals surface area contributed by atoms with Gasteiger partial charge >= 0.3 is 0 Å². The molecular weight excluding hydrogens is 408 g/mol. The Kier molecular flexibility index (Phi) is 5.38. The summed E-state index contributed by atoms with van der Waals surface area (Å²) in [4.78, 5) is 18.4. The van der Waals surface area contributed by atoms with Gasteiger partial charge in [-0.2, -0.15) is 5.26 Å². The average molecular weight is 429 g/mol. The molecule has 1 saturated heterocycles. The predicted molar refractivity (Wildman–Crippen MR) is 116 cm³/mol. The molecule has 0 spiro atoms. The van der Waals surface area contributed by atoms with Crippen molar-refractivity contribution < 1.29 is 9.53 Å². The smallest absolute Gasteiger partial charge is 0.260 e. The number of pyridine rings is 1. The largest absolute Gasteiger partial charge is 0.397 e. The number of aromatic nitrogens is 1. The van der Waals surface area contributed by atoms with Gasteiger partial charge in [-0.3, -0.25) is 9.80 Å². The lowest BCUT2D eigenvalue weighted by atomic mass is 10.0. The van der Waals surface area contributed by atoms with E-state index in [2.05, 4.69) is 11.1 Å². The zero-order valence-electron chi connectivity index (χ0n) is 15.8. The molecule has 0 aromatic carbocycles. The van der Waals surface area contributed by atoms with Crippen molar-refractivity contribution in [1.82, 2.24) is 9.99 Å². The summed E-state index contributed by atoms with van der Waals surface area (Å²) in [5.74, 6) is -0.0340. The van der Waals surface area contributed by atoms with Crippen molar-refractivity contribution in [2.24, 2.45) is 5.73 Å². The number of amides is 1. The molecule has 0 unspecified atom stereocenters. The highest BCUT2D eigenvalue weighted by Crippen LogP contribution is 2.45. The van der Waals surface area contributed by atoms with Crippen molar-refractivity contribution in [3.8, 4) is 16.5 Å². The summed E-state index contributed by atoms with van der Waals surface area (Å²) in [5, 5.41) is 16.8. The van der Waals surface area contributed by atoms with Crippen LogP contribution in [0.25, 0.3) is 20.7 Å². The van der Waals surface area contributed by atoms with Gasteiger partial charge in [-0.05, 0) is 18.4 Å². The van der Waals surface area contributed by atoms with Crippen LogP contribution in [-0.2, 0) is 4.74 Å². The van der Waals surface area contributed by atoms with E-state index in [9.17, 15) is 10.1 Å². The topological polar surface area (TPSA) is 122 Å². The van der Waals surface area contributed by atoms with E-state index in [1.807, 2.05) is 29.4 Å². The molecule has 0 atom stereocenters. The number of thiophene rings is 2. The first kappa shape index (κ1) is 19.6. The number of ether oxygens (including phenoxy) is 1. The molecule has 1 fully saturated rings. The Bertz CT molecular complexity index is 1100. The SMILES string of the molecule is CCN(c1nc2sc(C(N)=O)c(N)c2c(-c2cccs2)c1C#N)N1CCOCC1. The highest BCUT2D eigenvalue weighted by Gasteiger charge is 2.28. The Hall–Kier alpha value is -2.71. The first-order chi connectivity index (χ1) is 14.1. The molecule has 29 heavy (non-hydrogen) atoms. The van der Waals surface area contributed by atoms with Gasteiger partial charge in [0.1, 0.15) is 21.3 Å². The number of primary amides is 1. The first-order valence-corrected chi connectivity index (χ1v) is 10.9. The van der Waals surface area contributed by atoms with Crippen LogP contribution in [0.1, 0.15) is 22.2 Å². The second kappa shape index (κ2) is 7.96. The van der Waals surface area contributed by atoms with E-state index >= 15 is 0 Å². The van der Waals surface area contributed by atoms with Crippen LogP contribution in [0.4, 0.5) is 11.5 Å². The highest BCUT2D eigenvalue weighted by molar-refractivity contribution is 7.21. The van der Waals surface area contributed by atoms with Gasteiger partial charge in [-0.1, -0.05) is 6.07 Å². The standard InChI is InChI=1S/C19H20N6O2S2/c1-2-25(24-5-7-27-8-6-24)18-11(10-20)13(12-4-3-9-28-12)14-15(21)16(17(22)26)29-19(14)23-18/h3-4,9H,2,5-8,21H2,1H3,(H2,22,26). The van der Waals surface area contributed by atoms with Crippen molar-refractivity contribution in [2.75, 3.05) is 43.6 Å². The summed E-state index contributed by atoms with van der Waals surface area (Å²) in [7, 11) is 0. The predicted octanol–water partition coefficient (Wildman–Crippen LogP) is 2.65. The molecule has 150 valence electrons. The fraction of sp³-hybridized carbons (Fsp3) is 0.316. The van der Waals surface area contributed by atoms with Crippen LogP contribution in [0.2, 0.25) is 0 Å². The van der Waals surface area contributed by atoms with E-state index in [0.717, 1.165) is 4.88 Å². The normalized spacial score (nSPS) is 14.8.